The summed E-state index contributed by atoms with van der Waals surface area (Å²) in [6.45, 7) is 0.536. The molecule has 2 heterocycles. The molecule has 0 saturated heterocycles. The van der Waals surface area contributed by atoms with Gasteiger partial charge in [-0.2, -0.15) is 4.52 Å². The van der Waals surface area contributed by atoms with Crippen LogP contribution in [0.2, 0.25) is 0 Å². The van der Waals surface area contributed by atoms with Crippen molar-refractivity contribution in [3.8, 4) is 0 Å². The fourth-order valence-corrected chi connectivity index (χ4v) is 3.76. The third-order valence-corrected chi connectivity index (χ3v) is 5.14. The minimum Gasteiger partial charge on any atom is -0.359 e. The van der Waals surface area contributed by atoms with Crippen molar-refractivity contribution in [2.24, 2.45) is 0 Å². The number of rotatable bonds is 6. The Morgan fingerprint density at radius 2 is 2.05 bits per heavy atom. The Balaban J connectivity index is 1.55. The normalized spacial score (nSPS) is 12.4. The summed E-state index contributed by atoms with van der Waals surface area (Å²) in [5.41, 5.74) is 0.860. The Morgan fingerprint density at radius 1 is 1.23 bits per heavy atom. The lowest BCUT2D eigenvalue weighted by molar-refractivity contribution is 0.682. The quantitative estimate of drug-likeness (QED) is 0.739. The maximum atomic E-state index is 12.0. The van der Waals surface area contributed by atoms with Gasteiger partial charge in [-0.3, -0.25) is 9.00 Å². The van der Waals surface area contributed by atoms with E-state index in [9.17, 15) is 9.00 Å². The van der Waals surface area contributed by atoms with Crippen LogP contribution in [0.4, 0.5) is 5.13 Å². The van der Waals surface area contributed by atoms with E-state index in [4.69, 9.17) is 0 Å². The number of anilines is 1. The molecule has 6 nitrogen and oxygen atoms in total. The molecule has 0 radical (unpaired) electrons. The standard InChI is InChI=1S/C14H14N4O2S2/c19-12-6-7-16-14-18(12)17-13(21-14)15-8-9-22(20)10-11-4-2-1-3-5-11/h1-7H,8-10H2,(H,15,17)/t22-/m1/s1. The van der Waals surface area contributed by atoms with Crippen LogP contribution >= 0.6 is 11.3 Å². The number of aromatic nitrogens is 3. The molecule has 1 N–H and O–H groups in total. The first-order valence-corrected chi connectivity index (χ1v) is 9.00. The SMILES string of the molecule is O=c1ccnc2sc(NCC[S@@](=O)Cc3ccccc3)nn12. The first kappa shape index (κ1) is 14.9. The van der Waals surface area contributed by atoms with Gasteiger partial charge in [-0.05, 0) is 5.56 Å². The molecule has 114 valence electrons. The van der Waals surface area contributed by atoms with Gasteiger partial charge in [-0.1, -0.05) is 41.7 Å². The Kier molecular flexibility index (Phi) is 4.59. The van der Waals surface area contributed by atoms with Crippen LogP contribution < -0.4 is 10.9 Å². The average molecular weight is 334 g/mol. The maximum absolute atomic E-state index is 12.0. The Morgan fingerprint density at radius 3 is 2.82 bits per heavy atom. The molecular weight excluding hydrogens is 320 g/mol. The van der Waals surface area contributed by atoms with Gasteiger partial charge in [-0.15, -0.1) is 5.10 Å². The Labute approximate surface area is 133 Å². The van der Waals surface area contributed by atoms with E-state index < -0.39 is 10.8 Å². The molecule has 2 aromatic heterocycles. The molecule has 3 aromatic rings. The Bertz CT molecular complexity index is 845. The second kappa shape index (κ2) is 6.80. The van der Waals surface area contributed by atoms with Crippen LogP contribution in [-0.4, -0.2) is 31.1 Å². The summed E-state index contributed by atoms with van der Waals surface area (Å²) in [4.78, 5) is 16.2. The lowest BCUT2D eigenvalue weighted by Crippen LogP contribution is -2.14. The second-order valence-electron chi connectivity index (χ2n) is 4.59. The van der Waals surface area contributed by atoms with Crippen LogP contribution in [-0.2, 0) is 16.6 Å². The van der Waals surface area contributed by atoms with Crippen LogP contribution in [0.1, 0.15) is 5.56 Å². The van der Waals surface area contributed by atoms with Crippen molar-refractivity contribution in [2.75, 3.05) is 17.6 Å². The van der Waals surface area contributed by atoms with Crippen molar-refractivity contribution in [3.05, 3.63) is 58.5 Å². The van der Waals surface area contributed by atoms with Crippen molar-refractivity contribution >= 4 is 32.2 Å². The second-order valence-corrected chi connectivity index (χ2v) is 7.12. The third kappa shape index (κ3) is 3.58. The minimum atomic E-state index is -0.937. The van der Waals surface area contributed by atoms with Gasteiger partial charge in [0.15, 0.2) is 0 Å². The molecule has 0 aliphatic carbocycles. The molecule has 22 heavy (non-hydrogen) atoms. The van der Waals surface area contributed by atoms with Crippen LogP contribution in [0, 0.1) is 0 Å². The van der Waals surface area contributed by atoms with E-state index in [1.807, 2.05) is 30.3 Å². The van der Waals surface area contributed by atoms with Gasteiger partial charge in [0, 0.05) is 41.1 Å². The summed E-state index contributed by atoms with van der Waals surface area (Å²) in [7, 11) is -0.937. The van der Waals surface area contributed by atoms with Crippen molar-refractivity contribution < 1.29 is 4.21 Å². The van der Waals surface area contributed by atoms with Crippen LogP contribution in [0.3, 0.4) is 0 Å². The van der Waals surface area contributed by atoms with E-state index in [2.05, 4.69) is 15.4 Å². The highest BCUT2D eigenvalue weighted by Crippen LogP contribution is 2.15. The van der Waals surface area contributed by atoms with Crippen molar-refractivity contribution in [3.63, 3.8) is 0 Å². The monoisotopic (exact) mass is 334 g/mol. The lowest BCUT2D eigenvalue weighted by Gasteiger charge is -2.03. The van der Waals surface area contributed by atoms with Crippen LogP contribution in [0.5, 0.6) is 0 Å². The van der Waals surface area contributed by atoms with Crippen molar-refractivity contribution in [1.82, 2.24) is 14.6 Å². The number of benzene rings is 1. The average Bonchev–Trinajstić information content (AvgIpc) is 2.93. The van der Waals surface area contributed by atoms with E-state index in [1.165, 1.54) is 28.1 Å². The zero-order chi connectivity index (χ0) is 15.4. The molecular formula is C14H14N4O2S2. The fraction of sp³-hybridized carbons (Fsp3) is 0.214. The Hall–Kier alpha value is -2.06. The van der Waals surface area contributed by atoms with E-state index in [0.717, 1.165) is 5.56 Å². The molecule has 1 atom stereocenters. The first-order valence-electron chi connectivity index (χ1n) is 6.70. The topological polar surface area (TPSA) is 76.4 Å². The number of fused-ring (bicyclic) bond motifs is 1. The lowest BCUT2D eigenvalue weighted by atomic mass is 10.2. The smallest absolute Gasteiger partial charge is 0.275 e. The van der Waals surface area contributed by atoms with Gasteiger partial charge >= 0.3 is 0 Å². The van der Waals surface area contributed by atoms with Crippen LogP contribution in [0.15, 0.2) is 47.4 Å². The number of nitrogens with zero attached hydrogens (tertiary/aromatic N) is 3. The molecule has 3 rings (SSSR count). The number of nitrogens with one attached hydrogen (secondary N) is 1. The van der Waals surface area contributed by atoms with E-state index in [-0.39, 0.29) is 5.56 Å². The highest BCUT2D eigenvalue weighted by molar-refractivity contribution is 7.84. The summed E-state index contributed by atoms with van der Waals surface area (Å²) >= 11 is 1.30. The summed E-state index contributed by atoms with van der Waals surface area (Å²) in [5.74, 6) is 1.07. The van der Waals surface area contributed by atoms with Crippen molar-refractivity contribution in [1.29, 1.82) is 0 Å². The van der Waals surface area contributed by atoms with Gasteiger partial charge in [0.25, 0.3) is 5.56 Å². The van der Waals surface area contributed by atoms with Gasteiger partial charge in [-0.25, -0.2) is 4.98 Å². The molecule has 8 heteroatoms. The predicted molar refractivity (Wildman–Crippen MR) is 88.8 cm³/mol. The third-order valence-electron chi connectivity index (χ3n) is 2.95. The minimum absolute atomic E-state index is 0.207. The summed E-state index contributed by atoms with van der Waals surface area (Å²) in [6.07, 6.45) is 1.47. The largest absolute Gasteiger partial charge is 0.359 e. The van der Waals surface area contributed by atoms with Crippen LogP contribution in [0.25, 0.3) is 4.96 Å². The molecule has 0 spiro atoms. The van der Waals surface area contributed by atoms with Crippen molar-refractivity contribution in [2.45, 2.75) is 5.75 Å². The summed E-state index contributed by atoms with van der Waals surface area (Å²) < 4.78 is 13.3. The highest BCUT2D eigenvalue weighted by Gasteiger charge is 2.06. The molecule has 0 bridgehead atoms. The molecule has 0 aliphatic rings. The highest BCUT2D eigenvalue weighted by atomic mass is 32.2. The van der Waals surface area contributed by atoms with E-state index >= 15 is 0 Å². The van der Waals surface area contributed by atoms with Gasteiger partial charge in [0.2, 0.25) is 10.1 Å². The molecule has 1 aromatic carbocycles. The molecule has 0 unspecified atom stereocenters. The molecule has 0 fully saturated rings. The summed E-state index contributed by atoms with van der Waals surface area (Å²) in [5, 5.41) is 7.84. The predicted octanol–water partition coefficient (Wildman–Crippen LogP) is 1.51. The zero-order valence-electron chi connectivity index (χ0n) is 11.6. The van der Waals surface area contributed by atoms with E-state index in [0.29, 0.717) is 28.1 Å². The van der Waals surface area contributed by atoms with E-state index in [1.54, 1.807) is 0 Å². The van der Waals surface area contributed by atoms with Gasteiger partial charge in [0.05, 0.1) is 0 Å². The zero-order valence-corrected chi connectivity index (χ0v) is 13.3. The fourth-order valence-electron chi connectivity index (χ4n) is 1.92. The first-order chi connectivity index (χ1) is 10.7. The molecule has 0 amide bonds. The maximum Gasteiger partial charge on any atom is 0.275 e. The molecule has 0 aliphatic heterocycles. The number of hydrogen-bond acceptors (Lipinski definition) is 6. The number of hydrogen-bond donors (Lipinski definition) is 1. The van der Waals surface area contributed by atoms with Gasteiger partial charge in [0.1, 0.15) is 0 Å². The summed E-state index contributed by atoms with van der Waals surface area (Å²) in [6, 6.07) is 11.1. The van der Waals surface area contributed by atoms with Gasteiger partial charge < -0.3 is 5.32 Å². The molecule has 0 saturated carbocycles.